The van der Waals surface area contributed by atoms with Gasteiger partial charge in [-0.15, -0.1) is 0 Å². The second kappa shape index (κ2) is 5.64. The molecule has 0 atom stereocenters. The molecule has 2 aromatic rings. The number of nitrogens with zero attached hydrogens (tertiary/aromatic N) is 1. The molecule has 16 heavy (non-hydrogen) atoms. The van der Waals surface area contributed by atoms with Crippen LogP contribution < -0.4 is 0 Å². The molecule has 0 aromatic heterocycles. The molecule has 2 rings (SSSR count). The third-order valence-corrected chi connectivity index (χ3v) is 3.27. The molecule has 1 nitrogen and oxygen atoms in total. The smallest absolute Gasteiger partial charge is 0.0237 e. The van der Waals surface area contributed by atoms with E-state index in [1.807, 2.05) is 0 Å². The molecular formula is C14H16IN. The van der Waals surface area contributed by atoms with Gasteiger partial charge in [0.25, 0.3) is 0 Å². The van der Waals surface area contributed by atoms with Gasteiger partial charge in [0.2, 0.25) is 0 Å². The van der Waals surface area contributed by atoms with E-state index < -0.39 is 0 Å². The van der Waals surface area contributed by atoms with Crippen molar-refractivity contribution in [1.29, 1.82) is 0 Å². The lowest BCUT2D eigenvalue weighted by Gasteiger charge is -2.16. The van der Waals surface area contributed by atoms with Gasteiger partial charge in [-0.25, -0.2) is 0 Å². The number of rotatable bonds is 4. The molecular weight excluding hydrogens is 309 g/mol. The van der Waals surface area contributed by atoms with Crippen LogP contribution in [0.2, 0.25) is 0 Å². The predicted molar refractivity (Wildman–Crippen MR) is 79.2 cm³/mol. The Hall–Kier alpha value is -0.610. The number of fused-ring (bicyclic) bond motifs is 1. The van der Waals surface area contributed by atoms with Gasteiger partial charge in [-0.3, -0.25) is 0 Å². The number of benzene rings is 2. The van der Waals surface area contributed by atoms with Crippen molar-refractivity contribution in [3.63, 3.8) is 0 Å². The van der Waals surface area contributed by atoms with Gasteiger partial charge in [0.1, 0.15) is 0 Å². The van der Waals surface area contributed by atoms with E-state index in [-0.39, 0.29) is 0 Å². The summed E-state index contributed by atoms with van der Waals surface area (Å²) in [5.74, 6) is 0. The Morgan fingerprint density at radius 3 is 2.62 bits per heavy atom. The van der Waals surface area contributed by atoms with Crippen LogP contribution in [0.3, 0.4) is 0 Å². The molecule has 0 radical (unpaired) electrons. The van der Waals surface area contributed by atoms with Gasteiger partial charge in [-0.05, 0) is 23.4 Å². The SMILES string of the molecule is CN(CCI)Cc1cccc2ccccc12. The molecule has 0 saturated heterocycles. The molecule has 0 N–H and O–H groups in total. The van der Waals surface area contributed by atoms with Gasteiger partial charge in [0, 0.05) is 17.5 Å². The fraction of sp³-hybridized carbons (Fsp3) is 0.286. The summed E-state index contributed by atoms with van der Waals surface area (Å²) < 4.78 is 1.18. The van der Waals surface area contributed by atoms with Crippen LogP contribution in [-0.2, 0) is 6.54 Å². The zero-order valence-corrected chi connectivity index (χ0v) is 11.6. The van der Waals surface area contributed by atoms with Crippen molar-refractivity contribution in [1.82, 2.24) is 4.90 Å². The van der Waals surface area contributed by atoms with Crippen molar-refractivity contribution in [2.75, 3.05) is 18.0 Å². The van der Waals surface area contributed by atoms with Crippen LogP contribution in [0, 0.1) is 0 Å². The van der Waals surface area contributed by atoms with Crippen LogP contribution >= 0.6 is 22.6 Å². The van der Waals surface area contributed by atoms with Crippen LogP contribution in [0.25, 0.3) is 10.8 Å². The van der Waals surface area contributed by atoms with E-state index in [9.17, 15) is 0 Å². The number of halogens is 1. The summed E-state index contributed by atoms with van der Waals surface area (Å²) in [5.41, 5.74) is 1.42. The quantitative estimate of drug-likeness (QED) is 0.612. The maximum absolute atomic E-state index is 2.42. The molecule has 0 fully saturated rings. The maximum Gasteiger partial charge on any atom is 0.0237 e. The van der Waals surface area contributed by atoms with E-state index >= 15 is 0 Å². The highest BCUT2D eigenvalue weighted by atomic mass is 127. The molecule has 0 aliphatic rings. The van der Waals surface area contributed by atoms with Crippen molar-refractivity contribution in [3.05, 3.63) is 48.0 Å². The molecule has 0 amide bonds. The van der Waals surface area contributed by atoms with Crippen LogP contribution in [0.4, 0.5) is 0 Å². The van der Waals surface area contributed by atoms with Crippen molar-refractivity contribution in [2.45, 2.75) is 6.54 Å². The second-order valence-electron chi connectivity index (χ2n) is 4.07. The highest BCUT2D eigenvalue weighted by Crippen LogP contribution is 2.19. The Kier molecular flexibility index (Phi) is 4.18. The van der Waals surface area contributed by atoms with Crippen molar-refractivity contribution in [2.24, 2.45) is 0 Å². The molecule has 0 saturated carbocycles. The van der Waals surface area contributed by atoms with Crippen molar-refractivity contribution in [3.8, 4) is 0 Å². The van der Waals surface area contributed by atoms with E-state index in [0.29, 0.717) is 0 Å². The topological polar surface area (TPSA) is 3.24 Å². The molecule has 0 bridgehead atoms. The Balaban J connectivity index is 2.30. The van der Waals surface area contributed by atoms with Gasteiger partial charge < -0.3 is 4.90 Å². The Morgan fingerprint density at radius 1 is 1.06 bits per heavy atom. The Labute approximate surface area is 111 Å². The molecule has 2 heteroatoms. The van der Waals surface area contributed by atoms with Crippen molar-refractivity contribution < 1.29 is 0 Å². The normalized spacial score (nSPS) is 11.2. The molecule has 0 spiro atoms. The monoisotopic (exact) mass is 325 g/mol. The van der Waals surface area contributed by atoms with Gasteiger partial charge >= 0.3 is 0 Å². The first-order valence-electron chi connectivity index (χ1n) is 5.52. The first kappa shape index (κ1) is 11.9. The Morgan fingerprint density at radius 2 is 1.81 bits per heavy atom. The first-order valence-corrected chi connectivity index (χ1v) is 7.05. The number of hydrogen-bond donors (Lipinski definition) is 0. The minimum absolute atomic E-state index is 1.03. The highest BCUT2D eigenvalue weighted by Gasteiger charge is 2.03. The van der Waals surface area contributed by atoms with Crippen LogP contribution in [0.1, 0.15) is 5.56 Å². The molecule has 0 heterocycles. The minimum atomic E-state index is 1.03. The fourth-order valence-electron chi connectivity index (χ4n) is 1.94. The summed E-state index contributed by atoms with van der Waals surface area (Å²) in [7, 11) is 2.18. The summed E-state index contributed by atoms with van der Waals surface area (Å²) in [6.07, 6.45) is 0. The zero-order chi connectivity index (χ0) is 11.4. The first-order chi connectivity index (χ1) is 7.81. The van der Waals surface area contributed by atoms with Crippen molar-refractivity contribution >= 4 is 33.4 Å². The third-order valence-electron chi connectivity index (χ3n) is 2.79. The predicted octanol–water partition coefficient (Wildman–Crippen LogP) is 3.71. The number of hydrogen-bond acceptors (Lipinski definition) is 1. The molecule has 0 unspecified atom stereocenters. The lowest BCUT2D eigenvalue weighted by atomic mass is 10.0. The average Bonchev–Trinajstić information content (AvgIpc) is 2.30. The second-order valence-corrected chi connectivity index (χ2v) is 5.14. The van der Waals surface area contributed by atoms with Crippen LogP contribution in [-0.4, -0.2) is 22.9 Å². The lowest BCUT2D eigenvalue weighted by molar-refractivity contribution is 0.352. The summed E-state index contributed by atoms with van der Waals surface area (Å²) in [4.78, 5) is 2.37. The van der Waals surface area contributed by atoms with Gasteiger partial charge in [-0.2, -0.15) is 0 Å². The fourth-order valence-corrected chi connectivity index (χ4v) is 2.77. The third kappa shape index (κ3) is 2.74. The largest absolute Gasteiger partial charge is 0.301 e. The molecule has 0 aliphatic carbocycles. The highest BCUT2D eigenvalue weighted by molar-refractivity contribution is 14.1. The summed E-state index contributed by atoms with van der Waals surface area (Å²) in [6.45, 7) is 2.17. The van der Waals surface area contributed by atoms with Crippen LogP contribution in [0.5, 0.6) is 0 Å². The van der Waals surface area contributed by atoms with E-state index in [1.165, 1.54) is 20.8 Å². The Bertz CT molecular complexity index is 462. The van der Waals surface area contributed by atoms with E-state index in [2.05, 4.69) is 77.0 Å². The summed E-state index contributed by atoms with van der Waals surface area (Å²) >= 11 is 2.42. The van der Waals surface area contributed by atoms with E-state index in [1.54, 1.807) is 0 Å². The molecule has 84 valence electrons. The maximum atomic E-state index is 2.42. The molecule has 2 aromatic carbocycles. The summed E-state index contributed by atoms with van der Waals surface area (Å²) in [5, 5.41) is 2.72. The van der Waals surface area contributed by atoms with E-state index in [4.69, 9.17) is 0 Å². The standard InChI is InChI=1S/C14H16IN/c1-16(10-9-15)11-13-7-4-6-12-5-2-3-8-14(12)13/h2-8H,9-11H2,1H3. The lowest BCUT2D eigenvalue weighted by Crippen LogP contribution is -2.19. The average molecular weight is 325 g/mol. The van der Waals surface area contributed by atoms with E-state index in [0.717, 1.165) is 13.1 Å². The van der Waals surface area contributed by atoms with Gasteiger partial charge in [-0.1, -0.05) is 65.1 Å². The zero-order valence-electron chi connectivity index (χ0n) is 9.49. The summed E-state index contributed by atoms with van der Waals surface area (Å²) in [6, 6.07) is 15.2. The van der Waals surface area contributed by atoms with Gasteiger partial charge in [0.05, 0.1) is 0 Å². The molecule has 0 aliphatic heterocycles. The van der Waals surface area contributed by atoms with Gasteiger partial charge in [0.15, 0.2) is 0 Å². The minimum Gasteiger partial charge on any atom is -0.301 e. The van der Waals surface area contributed by atoms with Crippen LogP contribution in [0.15, 0.2) is 42.5 Å². The number of alkyl halides is 1.